The number of rotatable bonds is 7. The highest BCUT2D eigenvalue weighted by molar-refractivity contribution is 5.94. The fourth-order valence-electron chi connectivity index (χ4n) is 4.49. The Balaban J connectivity index is 1.14. The van der Waals surface area contributed by atoms with Gasteiger partial charge in [-0.15, -0.1) is 0 Å². The maximum atomic E-state index is 12.5. The van der Waals surface area contributed by atoms with Crippen molar-refractivity contribution in [2.75, 3.05) is 30.9 Å². The summed E-state index contributed by atoms with van der Waals surface area (Å²) in [4.78, 5) is 49.1. The lowest BCUT2D eigenvalue weighted by molar-refractivity contribution is -0.118. The van der Waals surface area contributed by atoms with E-state index in [1.807, 2.05) is 0 Å². The van der Waals surface area contributed by atoms with Crippen LogP contribution >= 0.6 is 0 Å². The summed E-state index contributed by atoms with van der Waals surface area (Å²) in [6, 6.07) is 6.81. The third-order valence-electron chi connectivity index (χ3n) is 6.25. The van der Waals surface area contributed by atoms with Crippen LogP contribution in [0, 0.1) is 0 Å². The summed E-state index contributed by atoms with van der Waals surface area (Å²) in [5.74, 6) is 1.05. The molecule has 1 aliphatic carbocycles. The fraction of sp³-hybridized carbons (Fsp3) is 0.417. The van der Waals surface area contributed by atoms with Crippen LogP contribution in [0.3, 0.4) is 0 Å². The molecule has 2 unspecified atom stereocenters. The second-order valence-electron chi connectivity index (χ2n) is 8.79. The molecule has 5 rings (SSSR count). The molecule has 194 valence electrons. The van der Waals surface area contributed by atoms with Crippen LogP contribution in [0.2, 0.25) is 0 Å². The third kappa shape index (κ3) is 5.77. The summed E-state index contributed by atoms with van der Waals surface area (Å²) in [5, 5.41) is 8.67. The largest absolute Gasteiger partial charge is 0.481 e. The standard InChI is InChI=1S/C24H27N7O6/c1-35-20-8-5-16-23(30-20)31(21(33)12-26-16)10-9-25-14-3-2-4-15(11-14)37-24(34)28-18-7-6-17-22(27-18)29-19(32)13-36-17/h5-8,12,14-15,25H,2-4,9-11,13H2,1H3,(H2,27,28,29,32,34). The quantitative estimate of drug-likeness (QED) is 0.428. The summed E-state index contributed by atoms with van der Waals surface area (Å²) >= 11 is 0. The van der Waals surface area contributed by atoms with Crippen molar-refractivity contribution in [3.63, 3.8) is 0 Å². The van der Waals surface area contributed by atoms with Gasteiger partial charge in [0.15, 0.2) is 23.8 Å². The Morgan fingerprint density at radius 3 is 2.97 bits per heavy atom. The zero-order chi connectivity index (χ0) is 25.8. The topological polar surface area (TPSA) is 159 Å². The molecule has 0 aromatic carbocycles. The smallest absolute Gasteiger partial charge is 0.413 e. The first-order valence-corrected chi connectivity index (χ1v) is 12.0. The molecule has 1 saturated carbocycles. The molecule has 0 spiro atoms. The van der Waals surface area contributed by atoms with Crippen molar-refractivity contribution in [3.05, 3.63) is 40.8 Å². The fourth-order valence-corrected chi connectivity index (χ4v) is 4.49. The summed E-state index contributed by atoms with van der Waals surface area (Å²) in [6.45, 7) is 0.876. The molecule has 3 N–H and O–H groups in total. The van der Waals surface area contributed by atoms with Gasteiger partial charge in [-0.25, -0.2) is 14.8 Å². The summed E-state index contributed by atoms with van der Waals surface area (Å²) < 4.78 is 17.6. The Morgan fingerprint density at radius 2 is 2.11 bits per heavy atom. The molecule has 3 aromatic rings. The van der Waals surface area contributed by atoms with Crippen molar-refractivity contribution in [2.24, 2.45) is 0 Å². The van der Waals surface area contributed by atoms with E-state index in [0.717, 1.165) is 19.3 Å². The van der Waals surface area contributed by atoms with Gasteiger partial charge in [-0.3, -0.25) is 19.5 Å². The molecule has 13 nitrogen and oxygen atoms in total. The van der Waals surface area contributed by atoms with Crippen LogP contribution in [0.1, 0.15) is 25.7 Å². The van der Waals surface area contributed by atoms with E-state index in [9.17, 15) is 14.4 Å². The summed E-state index contributed by atoms with van der Waals surface area (Å²) in [5.41, 5.74) is 0.844. The third-order valence-corrected chi connectivity index (χ3v) is 6.25. The lowest BCUT2D eigenvalue weighted by atomic mass is 9.93. The molecule has 4 heterocycles. The second kappa shape index (κ2) is 10.8. The number of pyridine rings is 2. The molecular weight excluding hydrogens is 482 g/mol. The van der Waals surface area contributed by atoms with Gasteiger partial charge in [-0.2, -0.15) is 4.98 Å². The van der Waals surface area contributed by atoms with Crippen molar-refractivity contribution in [2.45, 2.75) is 44.4 Å². The number of carbonyl (C=O) groups is 2. The van der Waals surface area contributed by atoms with Crippen molar-refractivity contribution in [1.29, 1.82) is 0 Å². The minimum absolute atomic E-state index is 0.0676. The highest BCUT2D eigenvalue weighted by atomic mass is 16.6. The molecule has 13 heteroatoms. The first kappa shape index (κ1) is 24.4. The highest BCUT2D eigenvalue weighted by Gasteiger charge is 2.25. The number of ether oxygens (including phenoxy) is 3. The normalized spacial score (nSPS) is 18.9. The van der Waals surface area contributed by atoms with E-state index in [0.29, 0.717) is 42.3 Å². The molecule has 0 radical (unpaired) electrons. The molecule has 2 aliphatic rings. The van der Waals surface area contributed by atoms with Crippen LogP contribution in [-0.4, -0.2) is 63.9 Å². The highest BCUT2D eigenvalue weighted by Crippen LogP contribution is 2.27. The van der Waals surface area contributed by atoms with E-state index in [-0.39, 0.29) is 41.9 Å². The predicted molar refractivity (Wildman–Crippen MR) is 133 cm³/mol. The Bertz CT molecular complexity index is 1380. The van der Waals surface area contributed by atoms with Crippen LogP contribution in [-0.2, 0) is 16.1 Å². The Hall–Kier alpha value is -4.26. The number of amides is 2. The van der Waals surface area contributed by atoms with Gasteiger partial charge in [0.1, 0.15) is 17.4 Å². The van der Waals surface area contributed by atoms with Crippen molar-refractivity contribution >= 4 is 34.8 Å². The average Bonchev–Trinajstić information content (AvgIpc) is 2.89. The second-order valence-corrected chi connectivity index (χ2v) is 8.79. The first-order valence-electron chi connectivity index (χ1n) is 12.0. The van der Waals surface area contributed by atoms with E-state index in [2.05, 4.69) is 30.9 Å². The van der Waals surface area contributed by atoms with Gasteiger partial charge in [0.2, 0.25) is 5.88 Å². The van der Waals surface area contributed by atoms with Crippen LogP contribution in [0.4, 0.5) is 16.4 Å². The molecule has 3 aromatic heterocycles. The van der Waals surface area contributed by atoms with Crippen molar-refractivity contribution < 1.29 is 23.8 Å². The minimum Gasteiger partial charge on any atom is -0.481 e. The number of fused-ring (bicyclic) bond motifs is 2. The van der Waals surface area contributed by atoms with Crippen LogP contribution < -0.4 is 31.0 Å². The Kier molecular flexibility index (Phi) is 7.12. The van der Waals surface area contributed by atoms with Gasteiger partial charge >= 0.3 is 6.09 Å². The van der Waals surface area contributed by atoms with E-state index in [1.54, 1.807) is 28.8 Å². The number of anilines is 2. The first-order chi connectivity index (χ1) is 18.0. The van der Waals surface area contributed by atoms with Gasteiger partial charge in [-0.05, 0) is 43.9 Å². The van der Waals surface area contributed by atoms with Gasteiger partial charge in [0, 0.05) is 25.2 Å². The summed E-state index contributed by atoms with van der Waals surface area (Å²) in [7, 11) is 1.52. The predicted octanol–water partition coefficient (Wildman–Crippen LogP) is 1.68. The molecule has 1 aliphatic heterocycles. The zero-order valence-electron chi connectivity index (χ0n) is 20.2. The SMILES string of the molecule is COc1ccc2ncc(=O)n(CCNC3CCCC(OC(=O)Nc4ccc5c(n4)NC(=O)CO5)C3)c2n1. The monoisotopic (exact) mass is 509 g/mol. The molecule has 37 heavy (non-hydrogen) atoms. The number of hydrogen-bond donors (Lipinski definition) is 3. The van der Waals surface area contributed by atoms with Gasteiger partial charge in [-0.1, -0.05) is 0 Å². The van der Waals surface area contributed by atoms with Crippen LogP contribution in [0.15, 0.2) is 35.3 Å². The van der Waals surface area contributed by atoms with Gasteiger partial charge in [0.25, 0.3) is 11.5 Å². The number of carbonyl (C=O) groups excluding carboxylic acids is 2. The van der Waals surface area contributed by atoms with E-state index in [4.69, 9.17) is 14.2 Å². The molecule has 0 bridgehead atoms. The van der Waals surface area contributed by atoms with Gasteiger partial charge < -0.3 is 24.8 Å². The molecule has 1 fully saturated rings. The number of aromatic nitrogens is 4. The Morgan fingerprint density at radius 1 is 1.22 bits per heavy atom. The maximum absolute atomic E-state index is 12.5. The van der Waals surface area contributed by atoms with Crippen molar-refractivity contribution in [3.8, 4) is 11.6 Å². The molecule has 0 saturated heterocycles. The molecule has 2 atom stereocenters. The maximum Gasteiger partial charge on any atom is 0.413 e. The average molecular weight is 510 g/mol. The minimum atomic E-state index is -0.615. The lowest BCUT2D eigenvalue weighted by Crippen LogP contribution is -2.40. The van der Waals surface area contributed by atoms with E-state index in [1.165, 1.54) is 13.3 Å². The van der Waals surface area contributed by atoms with E-state index >= 15 is 0 Å². The zero-order valence-corrected chi connectivity index (χ0v) is 20.2. The molecule has 2 amide bonds. The van der Waals surface area contributed by atoms with Gasteiger partial charge in [0.05, 0.1) is 13.3 Å². The Labute approximate surface area is 211 Å². The van der Waals surface area contributed by atoms with Crippen LogP contribution in [0.5, 0.6) is 11.6 Å². The van der Waals surface area contributed by atoms with E-state index < -0.39 is 6.09 Å². The number of hydrogen-bond acceptors (Lipinski definition) is 10. The number of methoxy groups -OCH3 is 1. The lowest BCUT2D eigenvalue weighted by Gasteiger charge is -2.29. The number of nitrogens with zero attached hydrogens (tertiary/aromatic N) is 4. The van der Waals surface area contributed by atoms with Crippen molar-refractivity contribution in [1.82, 2.24) is 24.8 Å². The number of nitrogens with one attached hydrogen (secondary N) is 3. The van der Waals surface area contributed by atoms with Crippen LogP contribution in [0.25, 0.3) is 11.2 Å². The summed E-state index contributed by atoms with van der Waals surface area (Å²) in [6.07, 6.45) is 3.65. The molecular formula is C24H27N7O6.